The van der Waals surface area contributed by atoms with Crippen molar-refractivity contribution in [1.29, 1.82) is 0 Å². The molecule has 6 nitrogen and oxygen atoms in total. The van der Waals surface area contributed by atoms with Crippen molar-refractivity contribution in [3.63, 3.8) is 0 Å². The smallest absolute Gasteiger partial charge is 0.262 e. The zero-order valence-corrected chi connectivity index (χ0v) is 14.7. The molecule has 1 heterocycles. The molecule has 2 amide bonds. The molecule has 0 saturated carbocycles. The van der Waals surface area contributed by atoms with Gasteiger partial charge < -0.3 is 15.4 Å². The Morgan fingerprint density at radius 3 is 2.69 bits per heavy atom. The lowest BCUT2D eigenvalue weighted by molar-refractivity contribution is -0.118. The van der Waals surface area contributed by atoms with Gasteiger partial charge in [-0.15, -0.1) is 0 Å². The number of Topliss-reactive ketones (excluding diaryl/α,β-unsaturated/α-hetero) is 1. The van der Waals surface area contributed by atoms with Crippen LogP contribution in [0.1, 0.15) is 34.8 Å². The largest absolute Gasteiger partial charge is 0.484 e. The summed E-state index contributed by atoms with van der Waals surface area (Å²) in [5, 5.41) is 5.56. The zero-order chi connectivity index (χ0) is 18.7. The van der Waals surface area contributed by atoms with Gasteiger partial charge in [-0.1, -0.05) is 0 Å². The van der Waals surface area contributed by atoms with Crippen molar-refractivity contribution in [2.75, 3.05) is 17.2 Å². The lowest BCUT2D eigenvalue weighted by atomic mass is 10.0. The van der Waals surface area contributed by atoms with Crippen LogP contribution < -0.4 is 15.4 Å². The number of benzene rings is 2. The van der Waals surface area contributed by atoms with Crippen LogP contribution in [-0.2, 0) is 16.0 Å². The van der Waals surface area contributed by atoms with Crippen molar-refractivity contribution in [2.45, 2.75) is 26.7 Å². The van der Waals surface area contributed by atoms with Crippen LogP contribution in [0.3, 0.4) is 0 Å². The van der Waals surface area contributed by atoms with E-state index < -0.39 is 0 Å². The molecular formula is C20H20N2O4. The molecule has 1 aliphatic rings. The number of amides is 2. The minimum absolute atomic E-state index is 0.00712. The number of ether oxygens (including phenoxy) is 1. The topological polar surface area (TPSA) is 84.5 Å². The summed E-state index contributed by atoms with van der Waals surface area (Å²) in [5.74, 6) is 0.299. The lowest BCUT2D eigenvalue weighted by Gasteiger charge is -2.17. The van der Waals surface area contributed by atoms with E-state index >= 15 is 0 Å². The van der Waals surface area contributed by atoms with Crippen LogP contribution in [0.15, 0.2) is 36.4 Å². The van der Waals surface area contributed by atoms with E-state index in [1.165, 1.54) is 6.92 Å². The molecule has 0 bridgehead atoms. The average molecular weight is 352 g/mol. The SMILES string of the molecule is CC(=O)c1ccc(NC(=O)COc2ccc3c(c2)CCC(=O)N3)cc1C. The van der Waals surface area contributed by atoms with Crippen LogP contribution >= 0.6 is 0 Å². The molecular weight excluding hydrogens is 332 g/mol. The van der Waals surface area contributed by atoms with E-state index in [1.807, 2.05) is 13.0 Å². The van der Waals surface area contributed by atoms with Crippen molar-refractivity contribution in [3.8, 4) is 5.75 Å². The highest BCUT2D eigenvalue weighted by Crippen LogP contribution is 2.26. The van der Waals surface area contributed by atoms with E-state index in [0.29, 0.717) is 29.8 Å². The molecule has 2 aromatic rings. The molecule has 0 aliphatic carbocycles. The fraction of sp³-hybridized carbons (Fsp3) is 0.250. The molecule has 0 unspecified atom stereocenters. The van der Waals surface area contributed by atoms with E-state index in [0.717, 1.165) is 16.8 Å². The number of hydrogen-bond acceptors (Lipinski definition) is 4. The van der Waals surface area contributed by atoms with Gasteiger partial charge in [0.05, 0.1) is 0 Å². The molecule has 2 aromatic carbocycles. The maximum absolute atomic E-state index is 12.1. The third-order valence-electron chi connectivity index (χ3n) is 4.23. The van der Waals surface area contributed by atoms with Crippen molar-refractivity contribution in [1.82, 2.24) is 0 Å². The first-order chi connectivity index (χ1) is 12.4. The quantitative estimate of drug-likeness (QED) is 0.810. The fourth-order valence-electron chi connectivity index (χ4n) is 2.93. The highest BCUT2D eigenvalue weighted by atomic mass is 16.5. The van der Waals surface area contributed by atoms with Crippen LogP contribution in [0.2, 0.25) is 0 Å². The van der Waals surface area contributed by atoms with Crippen molar-refractivity contribution < 1.29 is 19.1 Å². The Morgan fingerprint density at radius 2 is 1.96 bits per heavy atom. The third-order valence-corrected chi connectivity index (χ3v) is 4.23. The molecule has 0 saturated heterocycles. The number of anilines is 2. The molecule has 0 fully saturated rings. The second-order valence-electron chi connectivity index (χ2n) is 6.29. The summed E-state index contributed by atoms with van der Waals surface area (Å²) in [7, 11) is 0. The van der Waals surface area contributed by atoms with E-state index in [-0.39, 0.29) is 24.2 Å². The van der Waals surface area contributed by atoms with Crippen LogP contribution in [0.25, 0.3) is 0 Å². The summed E-state index contributed by atoms with van der Waals surface area (Å²) < 4.78 is 5.55. The average Bonchev–Trinajstić information content (AvgIpc) is 2.59. The van der Waals surface area contributed by atoms with Gasteiger partial charge in [-0.3, -0.25) is 14.4 Å². The highest BCUT2D eigenvalue weighted by molar-refractivity contribution is 5.97. The number of hydrogen-bond donors (Lipinski definition) is 2. The number of nitrogens with one attached hydrogen (secondary N) is 2. The Morgan fingerprint density at radius 1 is 1.15 bits per heavy atom. The minimum atomic E-state index is -0.286. The van der Waals surface area contributed by atoms with Crippen LogP contribution in [-0.4, -0.2) is 24.2 Å². The molecule has 1 aliphatic heterocycles. The van der Waals surface area contributed by atoms with Crippen molar-refractivity contribution in [2.24, 2.45) is 0 Å². The minimum Gasteiger partial charge on any atom is -0.484 e. The van der Waals surface area contributed by atoms with Crippen LogP contribution in [0.4, 0.5) is 11.4 Å². The van der Waals surface area contributed by atoms with Gasteiger partial charge in [0.2, 0.25) is 5.91 Å². The normalized spacial score (nSPS) is 12.8. The third kappa shape index (κ3) is 4.08. The van der Waals surface area contributed by atoms with E-state index in [4.69, 9.17) is 4.74 Å². The molecule has 0 atom stereocenters. The Balaban J connectivity index is 1.58. The number of carbonyl (C=O) groups excluding carboxylic acids is 3. The second-order valence-corrected chi connectivity index (χ2v) is 6.29. The van der Waals surface area contributed by atoms with Gasteiger partial charge in [0, 0.05) is 23.4 Å². The molecule has 0 radical (unpaired) electrons. The van der Waals surface area contributed by atoms with E-state index in [1.54, 1.807) is 30.3 Å². The van der Waals surface area contributed by atoms with Crippen LogP contribution in [0.5, 0.6) is 5.75 Å². The Labute approximate surface area is 151 Å². The van der Waals surface area contributed by atoms with E-state index in [2.05, 4.69) is 10.6 Å². The number of rotatable bonds is 5. The molecule has 26 heavy (non-hydrogen) atoms. The van der Waals surface area contributed by atoms with Gasteiger partial charge in [0.25, 0.3) is 5.91 Å². The number of fused-ring (bicyclic) bond motifs is 1. The first-order valence-corrected chi connectivity index (χ1v) is 8.39. The van der Waals surface area contributed by atoms with Gasteiger partial charge in [-0.05, 0) is 67.8 Å². The fourth-order valence-corrected chi connectivity index (χ4v) is 2.93. The number of ketones is 1. The van der Waals surface area contributed by atoms with Crippen molar-refractivity contribution >= 4 is 29.0 Å². The number of aryl methyl sites for hydroxylation is 2. The lowest BCUT2D eigenvalue weighted by Crippen LogP contribution is -2.21. The number of carbonyl (C=O) groups is 3. The zero-order valence-electron chi connectivity index (χ0n) is 14.7. The predicted molar refractivity (Wildman–Crippen MR) is 98.7 cm³/mol. The molecule has 134 valence electrons. The Kier molecular flexibility index (Phi) is 5.02. The summed E-state index contributed by atoms with van der Waals surface area (Å²) >= 11 is 0. The summed E-state index contributed by atoms with van der Waals surface area (Å²) in [6.45, 7) is 3.21. The molecule has 0 spiro atoms. The standard InChI is InChI=1S/C20H20N2O4/c1-12-9-15(4-6-17(12)13(2)23)21-20(25)11-26-16-5-7-18-14(10-16)3-8-19(24)22-18/h4-7,9-10H,3,8,11H2,1-2H3,(H,21,25)(H,22,24). The summed E-state index contributed by atoms with van der Waals surface area (Å²) in [6.07, 6.45) is 1.11. The summed E-state index contributed by atoms with van der Waals surface area (Å²) in [5.41, 5.74) is 3.86. The van der Waals surface area contributed by atoms with E-state index in [9.17, 15) is 14.4 Å². The monoisotopic (exact) mass is 352 g/mol. The van der Waals surface area contributed by atoms with Gasteiger partial charge in [0.1, 0.15) is 5.75 Å². The molecule has 6 heteroatoms. The predicted octanol–water partition coefficient (Wildman–Crippen LogP) is 3.10. The Hall–Kier alpha value is -3.15. The van der Waals surface area contributed by atoms with Crippen LogP contribution in [0, 0.1) is 6.92 Å². The molecule has 0 aromatic heterocycles. The van der Waals surface area contributed by atoms with Crippen molar-refractivity contribution in [3.05, 3.63) is 53.1 Å². The van der Waals surface area contributed by atoms with Gasteiger partial charge in [-0.2, -0.15) is 0 Å². The second kappa shape index (κ2) is 7.39. The van der Waals surface area contributed by atoms with Gasteiger partial charge in [0.15, 0.2) is 12.4 Å². The first-order valence-electron chi connectivity index (χ1n) is 8.39. The first kappa shape index (κ1) is 17.7. The van der Waals surface area contributed by atoms with Gasteiger partial charge >= 0.3 is 0 Å². The maximum atomic E-state index is 12.1. The Bertz CT molecular complexity index is 889. The summed E-state index contributed by atoms with van der Waals surface area (Å²) in [6, 6.07) is 10.5. The maximum Gasteiger partial charge on any atom is 0.262 e. The summed E-state index contributed by atoms with van der Waals surface area (Å²) in [4.78, 5) is 34.9. The molecule has 2 N–H and O–H groups in total. The molecule has 3 rings (SSSR count). The highest BCUT2D eigenvalue weighted by Gasteiger charge is 2.15. The van der Waals surface area contributed by atoms with Gasteiger partial charge in [-0.25, -0.2) is 0 Å².